The summed E-state index contributed by atoms with van der Waals surface area (Å²) in [6, 6.07) is 9.85. The molecule has 6 nitrogen and oxygen atoms in total. The van der Waals surface area contributed by atoms with Crippen molar-refractivity contribution in [1.82, 2.24) is 9.88 Å². The highest BCUT2D eigenvalue weighted by Crippen LogP contribution is 2.51. The van der Waals surface area contributed by atoms with Crippen LogP contribution in [0.5, 0.6) is 5.75 Å². The number of piperidine rings is 1. The molecule has 4 rings (SSSR count). The quantitative estimate of drug-likeness (QED) is 0.861. The smallest absolute Gasteiger partial charge is 0.223 e. The van der Waals surface area contributed by atoms with Crippen LogP contribution in [0.2, 0.25) is 0 Å². The van der Waals surface area contributed by atoms with Gasteiger partial charge in [0.15, 0.2) is 5.75 Å². The number of hydrogen-bond donors (Lipinski definition) is 2. The fourth-order valence-electron chi connectivity index (χ4n) is 4.74. The number of likely N-dealkylation sites (tertiary alicyclic amines) is 1. The minimum Gasteiger partial charge on any atom is -0.491 e. The number of hydrogen-bond acceptors (Lipinski definition) is 5. The van der Waals surface area contributed by atoms with Gasteiger partial charge < -0.3 is 19.6 Å². The summed E-state index contributed by atoms with van der Waals surface area (Å²) < 4.78 is 10.6. The summed E-state index contributed by atoms with van der Waals surface area (Å²) in [6.07, 6.45) is 2.56. The highest BCUT2D eigenvalue weighted by atomic mass is 16.5. The predicted molar refractivity (Wildman–Crippen MR) is 102 cm³/mol. The van der Waals surface area contributed by atoms with Gasteiger partial charge in [0.1, 0.15) is 6.10 Å². The lowest BCUT2D eigenvalue weighted by Gasteiger charge is -2.42. The molecule has 1 aromatic heterocycles. The molecule has 27 heavy (non-hydrogen) atoms. The molecule has 2 N–H and O–H groups in total. The molecule has 1 aliphatic heterocycles. The molecule has 1 spiro atoms. The van der Waals surface area contributed by atoms with Crippen molar-refractivity contribution in [1.29, 1.82) is 0 Å². The van der Waals surface area contributed by atoms with Crippen LogP contribution in [0.25, 0.3) is 0 Å². The van der Waals surface area contributed by atoms with E-state index in [1.807, 2.05) is 12.1 Å². The Morgan fingerprint density at radius 2 is 2.00 bits per heavy atom. The summed E-state index contributed by atoms with van der Waals surface area (Å²) in [5, 5.41) is 11.1. The van der Waals surface area contributed by atoms with Crippen molar-refractivity contribution in [2.75, 3.05) is 27.3 Å². The van der Waals surface area contributed by atoms with Crippen LogP contribution in [0.3, 0.4) is 0 Å². The summed E-state index contributed by atoms with van der Waals surface area (Å²) >= 11 is 0. The maximum Gasteiger partial charge on any atom is 0.223 e. The molecule has 0 radical (unpaired) electrons. The third-order valence-corrected chi connectivity index (χ3v) is 6.21. The van der Waals surface area contributed by atoms with Crippen molar-refractivity contribution in [2.24, 2.45) is 0 Å². The standard InChI is InChI=1S/C21H26N2O4/c1-26-18-12-22-14(11-17(18)24)13-23-9-7-21(8-10-23)16-6-4-3-5-15(16)19(27-2)20(21)25/h3-6,11-12,19-20,25H,7-10,13H2,1-2H3,(H,22,24)/t19-,20+/m1/s1. The molecule has 1 fully saturated rings. The summed E-state index contributed by atoms with van der Waals surface area (Å²) in [4.78, 5) is 17.4. The highest BCUT2D eigenvalue weighted by molar-refractivity contribution is 5.44. The minimum absolute atomic E-state index is 0.109. The molecule has 1 saturated heterocycles. The molecule has 144 valence electrons. The molecule has 2 aliphatic rings. The Bertz CT molecular complexity index is 870. The number of aliphatic hydroxyl groups is 1. The van der Waals surface area contributed by atoms with Crippen LogP contribution in [-0.4, -0.2) is 48.4 Å². The van der Waals surface area contributed by atoms with Gasteiger partial charge in [-0.1, -0.05) is 24.3 Å². The van der Waals surface area contributed by atoms with Crippen molar-refractivity contribution in [3.63, 3.8) is 0 Å². The first-order chi connectivity index (χ1) is 13.1. The molecule has 0 bridgehead atoms. The van der Waals surface area contributed by atoms with Gasteiger partial charge >= 0.3 is 0 Å². The number of aromatic amines is 1. The first kappa shape index (κ1) is 18.2. The van der Waals surface area contributed by atoms with Crippen LogP contribution in [0.4, 0.5) is 0 Å². The molecular weight excluding hydrogens is 344 g/mol. The van der Waals surface area contributed by atoms with Crippen molar-refractivity contribution < 1.29 is 14.6 Å². The first-order valence-corrected chi connectivity index (χ1v) is 9.37. The Labute approximate surface area is 158 Å². The Hall–Kier alpha value is -2.15. The highest BCUT2D eigenvalue weighted by Gasteiger charge is 2.52. The Balaban J connectivity index is 1.50. The molecule has 2 atom stereocenters. The van der Waals surface area contributed by atoms with Gasteiger partial charge in [-0.2, -0.15) is 0 Å². The normalized spacial score (nSPS) is 24.1. The minimum atomic E-state index is -0.525. The maximum atomic E-state index is 12.0. The van der Waals surface area contributed by atoms with Crippen molar-refractivity contribution in [3.8, 4) is 5.75 Å². The molecule has 2 aromatic rings. The number of benzene rings is 1. The summed E-state index contributed by atoms with van der Waals surface area (Å²) in [5.74, 6) is 0.327. The average Bonchev–Trinajstić information content (AvgIpc) is 2.92. The molecular formula is C21H26N2O4. The summed E-state index contributed by atoms with van der Waals surface area (Å²) in [7, 11) is 3.16. The van der Waals surface area contributed by atoms with Crippen molar-refractivity contribution >= 4 is 0 Å². The number of aliphatic hydroxyl groups excluding tert-OH is 1. The number of ether oxygens (including phenoxy) is 2. The van der Waals surface area contributed by atoms with E-state index in [0.717, 1.165) is 37.2 Å². The van der Waals surface area contributed by atoms with Gasteiger partial charge in [0, 0.05) is 37.0 Å². The maximum absolute atomic E-state index is 12.0. The van der Waals surface area contributed by atoms with Crippen LogP contribution >= 0.6 is 0 Å². The average molecular weight is 370 g/mol. The second-order valence-electron chi connectivity index (χ2n) is 7.51. The van der Waals surface area contributed by atoms with Gasteiger partial charge in [-0.3, -0.25) is 9.69 Å². The molecule has 6 heteroatoms. The lowest BCUT2D eigenvalue weighted by Crippen LogP contribution is -2.47. The number of pyridine rings is 1. The largest absolute Gasteiger partial charge is 0.491 e. The van der Waals surface area contributed by atoms with Crippen LogP contribution in [-0.2, 0) is 16.7 Å². The van der Waals surface area contributed by atoms with E-state index < -0.39 is 6.10 Å². The lowest BCUT2D eigenvalue weighted by molar-refractivity contribution is -0.0551. The van der Waals surface area contributed by atoms with E-state index in [4.69, 9.17) is 9.47 Å². The van der Waals surface area contributed by atoms with Gasteiger partial charge in [-0.05, 0) is 37.1 Å². The van der Waals surface area contributed by atoms with Gasteiger partial charge in [0.2, 0.25) is 5.43 Å². The van der Waals surface area contributed by atoms with E-state index in [9.17, 15) is 9.90 Å². The van der Waals surface area contributed by atoms with Crippen molar-refractivity contribution in [3.05, 3.63) is 63.6 Å². The Morgan fingerprint density at radius 3 is 2.67 bits per heavy atom. The number of H-pyrrole nitrogens is 1. The zero-order valence-electron chi connectivity index (χ0n) is 15.8. The van der Waals surface area contributed by atoms with Gasteiger partial charge in [-0.15, -0.1) is 0 Å². The van der Waals surface area contributed by atoms with Crippen LogP contribution in [0.15, 0.2) is 41.3 Å². The van der Waals surface area contributed by atoms with E-state index in [1.54, 1.807) is 19.4 Å². The van der Waals surface area contributed by atoms with E-state index in [2.05, 4.69) is 22.0 Å². The molecule has 1 aliphatic carbocycles. The third kappa shape index (κ3) is 2.98. The van der Waals surface area contributed by atoms with Gasteiger partial charge in [0.05, 0.1) is 13.2 Å². The van der Waals surface area contributed by atoms with Crippen molar-refractivity contribution in [2.45, 2.75) is 37.0 Å². The number of nitrogens with one attached hydrogen (secondary N) is 1. The molecule has 0 saturated carbocycles. The molecule has 1 aromatic carbocycles. The molecule has 2 heterocycles. The zero-order chi connectivity index (χ0) is 19.0. The van der Waals surface area contributed by atoms with E-state index in [-0.39, 0.29) is 16.9 Å². The number of rotatable bonds is 4. The second kappa shape index (κ2) is 7.11. The van der Waals surface area contributed by atoms with Gasteiger partial charge in [-0.25, -0.2) is 0 Å². The monoisotopic (exact) mass is 370 g/mol. The lowest BCUT2D eigenvalue weighted by atomic mass is 9.72. The van der Waals surface area contributed by atoms with Crippen LogP contribution < -0.4 is 10.2 Å². The SMILES string of the molecule is COc1c[nH]c(CN2CCC3(CC2)c2ccccc2[C@@H](OC)[C@@H]3O)cc1=O. The Kier molecular flexibility index (Phi) is 4.80. The first-order valence-electron chi connectivity index (χ1n) is 9.37. The van der Waals surface area contributed by atoms with Gasteiger partial charge in [0.25, 0.3) is 0 Å². The topological polar surface area (TPSA) is 74.8 Å². The van der Waals surface area contributed by atoms with E-state index >= 15 is 0 Å². The summed E-state index contributed by atoms with van der Waals surface area (Å²) in [5.41, 5.74) is 2.85. The fourth-order valence-corrected chi connectivity index (χ4v) is 4.74. The number of fused-ring (bicyclic) bond motifs is 2. The third-order valence-electron chi connectivity index (χ3n) is 6.21. The predicted octanol–water partition coefficient (Wildman–Crippen LogP) is 1.98. The number of methoxy groups -OCH3 is 2. The number of aromatic nitrogens is 1. The van der Waals surface area contributed by atoms with E-state index in [1.165, 1.54) is 12.7 Å². The number of nitrogens with zero attached hydrogens (tertiary/aromatic N) is 1. The summed E-state index contributed by atoms with van der Waals surface area (Å²) in [6.45, 7) is 2.40. The van der Waals surface area contributed by atoms with Crippen LogP contribution in [0.1, 0.15) is 35.8 Å². The second-order valence-corrected chi connectivity index (χ2v) is 7.51. The fraction of sp³-hybridized carbons (Fsp3) is 0.476. The zero-order valence-corrected chi connectivity index (χ0v) is 15.8. The van der Waals surface area contributed by atoms with Crippen LogP contribution in [0, 0.1) is 0 Å². The van der Waals surface area contributed by atoms with E-state index in [0.29, 0.717) is 12.3 Å². The molecule has 0 amide bonds. The molecule has 0 unspecified atom stereocenters. The Morgan fingerprint density at radius 1 is 1.26 bits per heavy atom.